The van der Waals surface area contributed by atoms with Crippen LogP contribution in [0.4, 0.5) is 27.8 Å². The Morgan fingerprint density at radius 1 is 1.34 bits per heavy atom. The molecule has 1 N–H and O–H groups in total. The first kappa shape index (κ1) is 23.8. The van der Waals surface area contributed by atoms with Crippen molar-refractivity contribution in [3.63, 3.8) is 0 Å². The van der Waals surface area contributed by atoms with Crippen molar-refractivity contribution in [1.29, 1.82) is 0 Å². The fourth-order valence-corrected chi connectivity index (χ4v) is 4.25. The lowest BCUT2D eigenvalue weighted by Crippen LogP contribution is -2.34. The van der Waals surface area contributed by atoms with Crippen molar-refractivity contribution < 1.29 is 36.6 Å². The second-order valence-corrected chi connectivity index (χ2v) is 8.34. The molecule has 1 aliphatic heterocycles. The van der Waals surface area contributed by atoms with Crippen LogP contribution in [0.5, 0.6) is 0 Å². The van der Waals surface area contributed by atoms with E-state index in [1.165, 1.54) is 4.90 Å². The number of likely N-dealkylation sites (tertiary alicyclic amines) is 1. The molecule has 32 heavy (non-hydrogen) atoms. The number of hydrogen-bond acceptors (Lipinski definition) is 7. The lowest BCUT2D eigenvalue weighted by atomic mass is 10.1. The van der Waals surface area contributed by atoms with Crippen LogP contribution in [0.3, 0.4) is 0 Å². The molecule has 2 atom stereocenters. The summed E-state index contributed by atoms with van der Waals surface area (Å²) in [6.45, 7) is 3.00. The third kappa shape index (κ3) is 4.81. The van der Waals surface area contributed by atoms with Gasteiger partial charge in [-0.2, -0.15) is 13.2 Å². The fourth-order valence-electron chi connectivity index (χ4n) is 3.33. The highest BCUT2D eigenvalue weighted by Crippen LogP contribution is 2.39. The van der Waals surface area contributed by atoms with E-state index >= 15 is 0 Å². The summed E-state index contributed by atoms with van der Waals surface area (Å²) in [5.41, 5.74) is -1.34. The first-order chi connectivity index (χ1) is 14.9. The summed E-state index contributed by atoms with van der Waals surface area (Å²) < 4.78 is 66.0. The molecule has 0 unspecified atom stereocenters. The first-order valence-electron chi connectivity index (χ1n) is 9.55. The zero-order chi connectivity index (χ0) is 23.8. The van der Waals surface area contributed by atoms with E-state index in [9.17, 15) is 36.6 Å². The molecule has 7 nitrogen and oxygen atoms in total. The molecule has 0 bridgehead atoms. The maximum atomic E-state index is 13.8. The van der Waals surface area contributed by atoms with Gasteiger partial charge in [-0.25, -0.2) is 18.7 Å². The van der Waals surface area contributed by atoms with Gasteiger partial charge in [0.2, 0.25) is 0 Å². The molecule has 1 fully saturated rings. The number of nitrogens with zero attached hydrogens (tertiary/aromatic N) is 3. The van der Waals surface area contributed by atoms with E-state index in [1.807, 2.05) is 5.32 Å². The number of rotatable bonds is 6. The van der Waals surface area contributed by atoms with Gasteiger partial charge in [-0.3, -0.25) is 4.79 Å². The average molecular weight is 477 g/mol. The number of amides is 1. The molecule has 2 aromatic heterocycles. The zero-order valence-corrected chi connectivity index (χ0v) is 17.7. The number of carboxylic acid groups (broad SMARTS) is 1. The maximum Gasteiger partial charge on any atom is 0.408 e. The fraction of sp³-hybridized carbons (Fsp3) is 0.474. The van der Waals surface area contributed by atoms with Crippen molar-refractivity contribution in [2.75, 3.05) is 11.9 Å². The Kier molecular flexibility index (Phi) is 6.67. The predicted octanol–water partition coefficient (Wildman–Crippen LogP) is 3.49. The average Bonchev–Trinajstić information content (AvgIpc) is 3.33. The number of carboxylic acids is 1. The Morgan fingerprint density at radius 3 is 2.56 bits per heavy atom. The van der Waals surface area contributed by atoms with E-state index in [1.54, 1.807) is 6.92 Å². The third-order valence-electron chi connectivity index (χ3n) is 5.09. The molecule has 0 aliphatic carbocycles. The van der Waals surface area contributed by atoms with Crippen LogP contribution in [0.15, 0.2) is 12.3 Å². The van der Waals surface area contributed by atoms with Gasteiger partial charge < -0.3 is 20.1 Å². The lowest BCUT2D eigenvalue weighted by molar-refractivity contribution is -0.255. The highest BCUT2D eigenvalue weighted by molar-refractivity contribution is 7.17. The molecule has 0 saturated carbocycles. The molecule has 1 saturated heterocycles. The van der Waals surface area contributed by atoms with Gasteiger partial charge in [-0.1, -0.05) is 0 Å². The summed E-state index contributed by atoms with van der Waals surface area (Å²) in [4.78, 5) is 33.2. The van der Waals surface area contributed by atoms with Gasteiger partial charge in [-0.15, -0.1) is 11.3 Å². The second kappa shape index (κ2) is 8.96. The van der Waals surface area contributed by atoms with E-state index in [2.05, 4.69) is 9.97 Å². The van der Waals surface area contributed by atoms with Crippen molar-refractivity contribution in [3.8, 4) is 10.4 Å². The Balaban J connectivity index is 2.08. The minimum Gasteiger partial charge on any atom is -0.542 e. The van der Waals surface area contributed by atoms with E-state index in [0.29, 0.717) is 17.9 Å². The number of alkyl halides is 5. The Labute approximate surface area is 183 Å². The summed E-state index contributed by atoms with van der Waals surface area (Å²) in [5, 5.41) is 12.8. The van der Waals surface area contributed by atoms with Crippen LogP contribution in [-0.4, -0.2) is 51.5 Å². The molecule has 174 valence electrons. The topological polar surface area (TPSA) is 98.2 Å². The molecule has 13 heteroatoms. The number of aromatic nitrogens is 2. The van der Waals surface area contributed by atoms with Crippen molar-refractivity contribution in [2.45, 2.75) is 51.4 Å². The number of nitrogens with one attached hydrogen (secondary N) is 1. The first-order valence-corrected chi connectivity index (χ1v) is 10.4. The monoisotopic (exact) mass is 477 g/mol. The van der Waals surface area contributed by atoms with Crippen LogP contribution in [0, 0.1) is 0 Å². The molecule has 0 radical (unpaired) electrons. The van der Waals surface area contributed by atoms with Gasteiger partial charge in [0, 0.05) is 29.9 Å². The second-order valence-electron chi connectivity index (χ2n) is 7.34. The zero-order valence-electron chi connectivity index (χ0n) is 16.9. The molecule has 1 aliphatic rings. The van der Waals surface area contributed by atoms with E-state index in [0.717, 1.165) is 32.0 Å². The van der Waals surface area contributed by atoms with Crippen LogP contribution < -0.4 is 10.4 Å². The van der Waals surface area contributed by atoms with Crippen molar-refractivity contribution in [1.82, 2.24) is 14.9 Å². The summed E-state index contributed by atoms with van der Waals surface area (Å²) >= 11 is 0.470. The minimum absolute atomic E-state index is 0.147. The molecule has 1 amide bonds. The normalized spacial score (nSPS) is 17.6. The highest BCUT2D eigenvalue weighted by atomic mass is 32.1. The molecule has 3 rings (SSSR count). The predicted molar refractivity (Wildman–Crippen MR) is 104 cm³/mol. The largest absolute Gasteiger partial charge is 0.542 e. The summed E-state index contributed by atoms with van der Waals surface area (Å²) in [7, 11) is 0. The van der Waals surface area contributed by atoms with E-state index < -0.39 is 46.9 Å². The van der Waals surface area contributed by atoms with E-state index in [4.69, 9.17) is 0 Å². The molecule has 0 spiro atoms. The number of halogens is 5. The number of carbonyl (C=O) groups excluding carboxylic acids is 2. The van der Waals surface area contributed by atoms with Crippen LogP contribution in [0.1, 0.15) is 59.0 Å². The molecule has 0 aromatic carbocycles. The third-order valence-corrected chi connectivity index (χ3v) is 6.16. The van der Waals surface area contributed by atoms with Crippen molar-refractivity contribution >= 4 is 29.0 Å². The smallest absolute Gasteiger partial charge is 0.408 e. The van der Waals surface area contributed by atoms with Crippen LogP contribution in [0.25, 0.3) is 10.4 Å². The lowest BCUT2D eigenvalue weighted by Gasteiger charge is -2.21. The maximum absolute atomic E-state index is 13.8. The van der Waals surface area contributed by atoms with Crippen molar-refractivity contribution in [3.05, 3.63) is 28.5 Å². The Morgan fingerprint density at radius 2 is 2.03 bits per heavy atom. The van der Waals surface area contributed by atoms with Gasteiger partial charge in [0.05, 0.1) is 4.88 Å². The summed E-state index contributed by atoms with van der Waals surface area (Å²) in [6.07, 6.45) is -5.44. The molecule has 2 aromatic rings. The number of hydrogen-bond donors (Lipinski definition) is 1. The quantitative estimate of drug-likeness (QED) is 0.640. The van der Waals surface area contributed by atoms with Crippen molar-refractivity contribution in [2.24, 2.45) is 0 Å². The van der Waals surface area contributed by atoms with Gasteiger partial charge in [0.25, 0.3) is 12.3 Å². The van der Waals surface area contributed by atoms with Gasteiger partial charge >= 0.3 is 6.18 Å². The Bertz CT molecular complexity index is 1030. The number of anilines is 1. The van der Waals surface area contributed by atoms with Crippen LogP contribution in [-0.2, 0) is 0 Å². The standard InChI is InChI=1S/C19H19F5N4O3S/c1-8-4-3-5-28(8)17(29)13-14(32-16(27-13)18(30)31)11-7-25-12(6-10(11)15(20)21)26-9(2)19(22,23)24/h6-9,15H,3-5H2,1-2H3,(H,25,26)(H,30,31)/p-1/t8-,9-/m0/s1. The number of thiazole rings is 1. The van der Waals surface area contributed by atoms with Gasteiger partial charge in [0.15, 0.2) is 0 Å². The number of carbonyl (C=O) groups is 2. The highest BCUT2D eigenvalue weighted by Gasteiger charge is 2.37. The molecular formula is C19H18F5N4O3S-. The van der Waals surface area contributed by atoms with E-state index in [-0.39, 0.29) is 22.2 Å². The molecule has 3 heterocycles. The number of aromatic carboxylic acids is 1. The van der Waals surface area contributed by atoms with Crippen LogP contribution >= 0.6 is 11.3 Å². The summed E-state index contributed by atoms with van der Waals surface area (Å²) in [6, 6.07) is -1.45. The summed E-state index contributed by atoms with van der Waals surface area (Å²) in [5.74, 6) is -2.75. The SMILES string of the molecule is C[C@H](Nc1cc(C(F)F)c(-c2sc(C(=O)[O-])nc2C(=O)N2CCC[C@@H]2C)cn1)C(F)(F)F. The van der Waals surface area contributed by atoms with Gasteiger partial charge in [-0.05, 0) is 32.8 Å². The van der Waals surface area contributed by atoms with Gasteiger partial charge in [0.1, 0.15) is 28.5 Å². The minimum atomic E-state index is -4.63. The number of pyridine rings is 1. The molecular weight excluding hydrogens is 459 g/mol. The Hall–Kier alpha value is -2.83. The van der Waals surface area contributed by atoms with Crippen LogP contribution in [0.2, 0.25) is 0 Å².